The smallest absolute Gasteiger partial charge is 0.404 e. The van der Waals surface area contributed by atoms with E-state index in [-0.39, 0.29) is 41.1 Å². The van der Waals surface area contributed by atoms with E-state index in [0.717, 1.165) is 30.7 Å². The van der Waals surface area contributed by atoms with Crippen LogP contribution in [0.5, 0.6) is 5.75 Å². The van der Waals surface area contributed by atoms with Crippen molar-refractivity contribution in [3.63, 3.8) is 0 Å². The van der Waals surface area contributed by atoms with Gasteiger partial charge in [0.25, 0.3) is 0 Å². The summed E-state index contributed by atoms with van der Waals surface area (Å²) in [7, 11) is 0. The van der Waals surface area contributed by atoms with Gasteiger partial charge in [0.15, 0.2) is 0 Å². The van der Waals surface area contributed by atoms with Gasteiger partial charge in [-0.2, -0.15) is 0 Å². The minimum absolute atomic E-state index is 0.0172. The number of anilines is 2. The number of primary amides is 1. The third-order valence-corrected chi connectivity index (χ3v) is 6.49. The molecule has 2 fully saturated rings. The summed E-state index contributed by atoms with van der Waals surface area (Å²) in [5, 5.41) is 5.27. The van der Waals surface area contributed by atoms with E-state index in [4.69, 9.17) is 17.3 Å². The summed E-state index contributed by atoms with van der Waals surface area (Å²) in [6, 6.07) is 7.25. The molecule has 2 aromatic carbocycles. The molecule has 0 aliphatic carbocycles. The van der Waals surface area contributed by atoms with E-state index in [1.165, 1.54) is 24.3 Å². The average molecular weight is 527 g/mol. The molecule has 36 heavy (non-hydrogen) atoms. The fourth-order valence-corrected chi connectivity index (χ4v) is 5.04. The number of hydrogen-bond acceptors (Lipinski definition) is 4. The van der Waals surface area contributed by atoms with Crippen molar-refractivity contribution in [2.45, 2.75) is 50.2 Å². The molecular formula is C24H23ClF4N4O3. The van der Waals surface area contributed by atoms with Gasteiger partial charge in [-0.3, -0.25) is 4.79 Å². The zero-order valence-electron chi connectivity index (χ0n) is 18.8. The predicted molar refractivity (Wildman–Crippen MR) is 127 cm³/mol. The molecule has 4 rings (SSSR count). The lowest BCUT2D eigenvalue weighted by atomic mass is 9.96. The molecular weight excluding hydrogens is 504 g/mol. The highest BCUT2D eigenvalue weighted by Crippen LogP contribution is 2.38. The normalized spacial score (nSPS) is 21.5. The third kappa shape index (κ3) is 6.20. The Morgan fingerprint density at radius 3 is 2.33 bits per heavy atom. The maximum absolute atomic E-state index is 13.2. The van der Waals surface area contributed by atoms with Crippen LogP contribution in [0, 0.1) is 5.82 Å². The Bertz CT molecular complexity index is 1160. The minimum Gasteiger partial charge on any atom is -0.404 e. The summed E-state index contributed by atoms with van der Waals surface area (Å²) in [4.78, 5) is 26.2. The molecule has 0 unspecified atom stereocenters. The van der Waals surface area contributed by atoms with E-state index in [0.29, 0.717) is 12.8 Å². The molecule has 3 atom stereocenters. The largest absolute Gasteiger partial charge is 0.573 e. The van der Waals surface area contributed by atoms with Crippen molar-refractivity contribution in [2.75, 3.05) is 10.6 Å². The number of benzene rings is 2. The van der Waals surface area contributed by atoms with Crippen LogP contribution in [0.1, 0.15) is 31.2 Å². The number of halogens is 5. The summed E-state index contributed by atoms with van der Waals surface area (Å²) in [5.41, 5.74) is 6.03. The molecule has 2 saturated heterocycles. The minimum atomic E-state index is -4.98. The first kappa shape index (κ1) is 25.6. The maximum atomic E-state index is 13.2. The van der Waals surface area contributed by atoms with Crippen molar-refractivity contribution in [2.24, 2.45) is 5.73 Å². The molecule has 7 nitrogen and oxygen atoms in total. The van der Waals surface area contributed by atoms with Crippen LogP contribution in [-0.2, 0) is 4.79 Å². The second-order valence-electron chi connectivity index (χ2n) is 8.69. The number of carbonyl (C=O) groups excluding carboxylic acids is 2. The maximum Gasteiger partial charge on any atom is 0.573 e. The van der Waals surface area contributed by atoms with Gasteiger partial charge in [-0.25, -0.2) is 9.18 Å². The van der Waals surface area contributed by atoms with Gasteiger partial charge in [0.2, 0.25) is 5.91 Å². The molecule has 3 amide bonds. The number of nitrogens with two attached hydrogens (primary N) is 1. The van der Waals surface area contributed by atoms with Crippen LogP contribution in [0.15, 0.2) is 42.5 Å². The van der Waals surface area contributed by atoms with E-state index in [1.807, 2.05) is 0 Å². The van der Waals surface area contributed by atoms with Gasteiger partial charge in [-0.15, -0.1) is 13.2 Å². The number of hydrogen-bond donors (Lipinski definition) is 3. The Balaban J connectivity index is 1.49. The van der Waals surface area contributed by atoms with Gasteiger partial charge in [0.1, 0.15) is 11.6 Å². The lowest BCUT2D eigenvalue weighted by Crippen LogP contribution is -2.49. The first-order valence-corrected chi connectivity index (χ1v) is 11.5. The topological polar surface area (TPSA) is 96.7 Å². The number of rotatable bonds is 6. The summed E-state index contributed by atoms with van der Waals surface area (Å²) >= 11 is 5.86. The van der Waals surface area contributed by atoms with Crippen LogP contribution in [0.4, 0.5) is 33.7 Å². The lowest BCUT2D eigenvalue weighted by Gasteiger charge is -2.39. The monoisotopic (exact) mass is 526 g/mol. The Labute approximate surface area is 209 Å². The molecule has 0 aromatic heterocycles. The Kier molecular flexibility index (Phi) is 7.30. The van der Waals surface area contributed by atoms with Crippen LogP contribution < -0.4 is 21.1 Å². The highest BCUT2D eigenvalue weighted by Gasteiger charge is 2.42. The van der Waals surface area contributed by atoms with Crippen molar-refractivity contribution >= 4 is 41.0 Å². The number of ether oxygens (including phenoxy) is 1. The van der Waals surface area contributed by atoms with Crippen LogP contribution in [0.25, 0.3) is 6.08 Å². The second-order valence-corrected chi connectivity index (χ2v) is 9.10. The van der Waals surface area contributed by atoms with Crippen LogP contribution in [0.3, 0.4) is 0 Å². The number of fused-ring (bicyclic) bond motifs is 2. The van der Waals surface area contributed by atoms with Crippen molar-refractivity contribution in [3.05, 3.63) is 58.9 Å². The number of nitrogens with zero attached hydrogens (tertiary/aromatic N) is 1. The summed E-state index contributed by atoms with van der Waals surface area (Å²) in [6.45, 7) is 0. The van der Waals surface area contributed by atoms with E-state index < -0.39 is 23.2 Å². The van der Waals surface area contributed by atoms with E-state index >= 15 is 0 Å². The number of piperidine rings is 1. The van der Waals surface area contributed by atoms with Crippen LogP contribution in [-0.4, -0.2) is 41.3 Å². The van der Waals surface area contributed by atoms with Crippen molar-refractivity contribution < 1.29 is 31.9 Å². The lowest BCUT2D eigenvalue weighted by molar-refractivity contribution is -0.274. The van der Waals surface area contributed by atoms with Gasteiger partial charge in [0, 0.05) is 35.5 Å². The van der Waals surface area contributed by atoms with Crippen LogP contribution in [0.2, 0.25) is 5.02 Å². The molecule has 0 radical (unpaired) electrons. The molecule has 0 spiro atoms. The molecule has 2 aromatic rings. The van der Waals surface area contributed by atoms with E-state index in [9.17, 15) is 27.2 Å². The Hall–Kier alpha value is -3.47. The molecule has 2 aliphatic rings. The summed E-state index contributed by atoms with van der Waals surface area (Å²) < 4.78 is 55.3. The zero-order valence-corrected chi connectivity index (χ0v) is 19.6. The van der Waals surface area contributed by atoms with Crippen molar-refractivity contribution in [1.29, 1.82) is 0 Å². The summed E-state index contributed by atoms with van der Waals surface area (Å²) in [6.07, 6.45) is 0.598. The van der Waals surface area contributed by atoms with Crippen molar-refractivity contribution in [1.82, 2.24) is 4.90 Å². The number of amides is 3. The molecule has 4 N–H and O–H groups in total. The zero-order chi connectivity index (χ0) is 26.0. The van der Waals surface area contributed by atoms with Gasteiger partial charge in [-0.1, -0.05) is 11.6 Å². The standard InChI is InChI=1S/C24H23ClF4N4O3/c25-19-12-20(32-23(30)35)13(9-21(19)36-24(27,28)29)1-8-22(34)33-17-6-7-18(33)11-16(10-17)31-15-4-2-14(26)3-5-15/h1-5,8-9,12,16-18,31H,6-7,10-11H2,(H3,30,32,35)/b8-1+/t16-,17+,18-. The number of urea groups is 1. The second kappa shape index (κ2) is 10.3. The van der Waals surface area contributed by atoms with E-state index in [1.54, 1.807) is 17.0 Å². The quantitative estimate of drug-likeness (QED) is 0.341. The van der Waals surface area contributed by atoms with Gasteiger partial charge in [-0.05, 0) is 68.2 Å². The highest BCUT2D eigenvalue weighted by atomic mass is 35.5. The number of nitrogens with one attached hydrogen (secondary N) is 2. The molecule has 12 heteroatoms. The molecule has 2 aliphatic heterocycles. The third-order valence-electron chi connectivity index (χ3n) is 6.20. The first-order valence-electron chi connectivity index (χ1n) is 11.2. The van der Waals surface area contributed by atoms with Crippen molar-refractivity contribution in [3.8, 4) is 5.75 Å². The average Bonchev–Trinajstić information content (AvgIpc) is 3.05. The molecule has 2 bridgehead atoms. The molecule has 0 saturated carbocycles. The Morgan fingerprint density at radius 2 is 1.75 bits per heavy atom. The predicted octanol–water partition coefficient (Wildman–Crippen LogP) is 5.52. The fourth-order valence-electron chi connectivity index (χ4n) is 4.83. The Morgan fingerprint density at radius 1 is 1.11 bits per heavy atom. The molecule has 192 valence electrons. The van der Waals surface area contributed by atoms with E-state index in [2.05, 4.69) is 15.4 Å². The highest BCUT2D eigenvalue weighted by molar-refractivity contribution is 6.32. The van der Waals surface area contributed by atoms with Crippen LogP contribution >= 0.6 is 11.6 Å². The first-order chi connectivity index (χ1) is 17.0. The molecule has 2 heterocycles. The SMILES string of the molecule is NC(=O)Nc1cc(Cl)c(OC(F)(F)F)cc1/C=C/C(=O)N1[C@@H]2CC[C@H]1C[C@@H](Nc1ccc(F)cc1)C2. The number of carbonyl (C=O) groups is 2. The van der Waals surface area contributed by atoms with Gasteiger partial charge >= 0.3 is 12.4 Å². The number of alkyl halides is 3. The van der Waals surface area contributed by atoms with Gasteiger partial charge in [0.05, 0.1) is 10.7 Å². The fraction of sp³-hybridized carbons (Fsp3) is 0.333. The van der Waals surface area contributed by atoms with Gasteiger partial charge < -0.3 is 26.0 Å². The summed E-state index contributed by atoms with van der Waals surface area (Å²) in [5.74, 6) is -1.31.